The largest absolute Gasteiger partial charge is 0.381 e. The van der Waals surface area contributed by atoms with Crippen LogP contribution in [0.25, 0.3) is 0 Å². The molecule has 2 aliphatic heterocycles. The molecule has 0 aromatic carbocycles. The van der Waals surface area contributed by atoms with Crippen LogP contribution >= 0.6 is 0 Å². The van der Waals surface area contributed by atoms with Gasteiger partial charge in [0.25, 0.3) is 5.69 Å². The molecule has 7 nitrogen and oxygen atoms in total. The Morgan fingerprint density at radius 2 is 2.22 bits per heavy atom. The van der Waals surface area contributed by atoms with Crippen molar-refractivity contribution < 1.29 is 14.4 Å². The lowest BCUT2D eigenvalue weighted by molar-refractivity contribution is -0.385. The third-order valence-corrected chi connectivity index (χ3v) is 4.58. The summed E-state index contributed by atoms with van der Waals surface area (Å²) in [7, 11) is 0. The van der Waals surface area contributed by atoms with Crippen molar-refractivity contribution in [3.05, 3.63) is 27.9 Å². The highest BCUT2D eigenvalue weighted by Gasteiger charge is 2.24. The van der Waals surface area contributed by atoms with Crippen LogP contribution in [0.5, 0.6) is 0 Å². The Kier molecular flexibility index (Phi) is 5.07. The molecule has 3 heterocycles. The maximum Gasteiger partial charge on any atom is 0.287 e. The first-order chi connectivity index (χ1) is 11.1. The summed E-state index contributed by atoms with van der Waals surface area (Å²) in [5.74, 6) is 1.39. The number of pyridine rings is 1. The first kappa shape index (κ1) is 16.1. The van der Waals surface area contributed by atoms with Crippen LogP contribution in [0.3, 0.4) is 0 Å². The minimum atomic E-state index is -0.406. The van der Waals surface area contributed by atoms with E-state index in [0.29, 0.717) is 12.0 Å². The predicted octanol–water partition coefficient (Wildman–Crippen LogP) is 2.32. The number of aryl methyl sites for hydroxylation is 1. The fourth-order valence-electron chi connectivity index (χ4n) is 3.20. The molecule has 1 aromatic heterocycles. The van der Waals surface area contributed by atoms with Crippen LogP contribution in [-0.2, 0) is 9.47 Å². The van der Waals surface area contributed by atoms with Crippen molar-refractivity contribution in [3.8, 4) is 0 Å². The fraction of sp³-hybridized carbons (Fsp3) is 0.688. The molecule has 0 amide bonds. The van der Waals surface area contributed by atoms with E-state index >= 15 is 0 Å². The van der Waals surface area contributed by atoms with E-state index in [1.54, 1.807) is 6.07 Å². The highest BCUT2D eigenvalue weighted by molar-refractivity contribution is 5.50. The Labute approximate surface area is 135 Å². The van der Waals surface area contributed by atoms with Gasteiger partial charge in [0.05, 0.1) is 24.2 Å². The van der Waals surface area contributed by atoms with Gasteiger partial charge >= 0.3 is 0 Å². The zero-order chi connectivity index (χ0) is 16.2. The number of piperidine rings is 1. The van der Waals surface area contributed by atoms with Crippen molar-refractivity contribution in [1.29, 1.82) is 0 Å². The molecule has 0 bridgehead atoms. The molecule has 2 fully saturated rings. The van der Waals surface area contributed by atoms with Crippen molar-refractivity contribution in [2.24, 2.45) is 5.92 Å². The first-order valence-corrected chi connectivity index (χ1v) is 8.19. The van der Waals surface area contributed by atoms with E-state index in [9.17, 15) is 10.1 Å². The van der Waals surface area contributed by atoms with E-state index < -0.39 is 4.92 Å². The molecule has 1 atom stereocenters. The Balaban J connectivity index is 1.51. The summed E-state index contributed by atoms with van der Waals surface area (Å²) in [6, 6.07) is 1.59. The van der Waals surface area contributed by atoms with Gasteiger partial charge in [-0.1, -0.05) is 0 Å². The second-order valence-electron chi connectivity index (χ2n) is 6.34. The average Bonchev–Trinajstić information content (AvgIpc) is 3.07. The number of anilines is 1. The number of aromatic nitrogens is 1. The molecule has 0 saturated carbocycles. The zero-order valence-electron chi connectivity index (χ0n) is 13.4. The van der Waals surface area contributed by atoms with Gasteiger partial charge < -0.3 is 14.4 Å². The number of rotatable bonds is 5. The van der Waals surface area contributed by atoms with E-state index in [1.165, 1.54) is 6.20 Å². The minimum absolute atomic E-state index is 0.0447. The van der Waals surface area contributed by atoms with E-state index in [4.69, 9.17) is 9.47 Å². The Bertz CT molecular complexity index is 552. The topological polar surface area (TPSA) is 77.7 Å². The molecule has 1 unspecified atom stereocenters. The number of nitrogens with zero attached hydrogens (tertiary/aromatic N) is 3. The molecule has 0 N–H and O–H groups in total. The van der Waals surface area contributed by atoms with Gasteiger partial charge in [-0.25, -0.2) is 4.98 Å². The maximum absolute atomic E-state index is 10.8. The number of nitro groups is 1. The van der Waals surface area contributed by atoms with Gasteiger partial charge in [-0.05, 0) is 31.7 Å². The van der Waals surface area contributed by atoms with E-state index in [0.717, 1.165) is 63.6 Å². The Hall–Kier alpha value is -1.73. The van der Waals surface area contributed by atoms with Crippen LogP contribution in [0.4, 0.5) is 11.5 Å². The Morgan fingerprint density at radius 3 is 2.83 bits per heavy atom. The van der Waals surface area contributed by atoms with Gasteiger partial charge in [-0.3, -0.25) is 10.1 Å². The summed E-state index contributed by atoms with van der Waals surface area (Å²) in [4.78, 5) is 16.9. The molecule has 0 radical (unpaired) electrons. The van der Waals surface area contributed by atoms with Crippen molar-refractivity contribution in [3.63, 3.8) is 0 Å². The van der Waals surface area contributed by atoms with E-state index in [1.807, 2.05) is 6.92 Å². The summed E-state index contributed by atoms with van der Waals surface area (Å²) in [6.07, 6.45) is 4.66. The molecule has 3 rings (SSSR count). The number of hydrogen-bond donors (Lipinski definition) is 0. The van der Waals surface area contributed by atoms with Gasteiger partial charge in [-0.15, -0.1) is 0 Å². The summed E-state index contributed by atoms with van der Waals surface area (Å²) >= 11 is 0. The molecular formula is C16H23N3O4. The lowest BCUT2D eigenvalue weighted by Gasteiger charge is -2.33. The summed E-state index contributed by atoms with van der Waals surface area (Å²) < 4.78 is 11.4. The lowest BCUT2D eigenvalue weighted by atomic mass is 10.1. The third-order valence-electron chi connectivity index (χ3n) is 4.58. The van der Waals surface area contributed by atoms with Crippen LogP contribution in [-0.4, -0.2) is 48.9 Å². The molecule has 0 aliphatic carbocycles. The third kappa shape index (κ3) is 3.97. The summed E-state index contributed by atoms with van der Waals surface area (Å²) in [5, 5.41) is 10.8. The summed E-state index contributed by atoms with van der Waals surface area (Å²) in [6.45, 7) is 6.09. The molecule has 126 valence electrons. The van der Waals surface area contributed by atoms with Crippen molar-refractivity contribution in [2.75, 3.05) is 37.8 Å². The second kappa shape index (κ2) is 7.23. The molecular weight excluding hydrogens is 298 g/mol. The standard InChI is InChI=1S/C16H23N3O4/c1-12-8-14(19(20)21)9-17-16(12)18-5-2-15(3-6-18)23-11-13-4-7-22-10-13/h8-9,13,15H,2-7,10-11H2,1H3. The second-order valence-corrected chi connectivity index (χ2v) is 6.34. The van der Waals surface area contributed by atoms with Crippen molar-refractivity contribution >= 4 is 11.5 Å². The smallest absolute Gasteiger partial charge is 0.287 e. The quantitative estimate of drug-likeness (QED) is 0.612. The molecule has 1 aromatic rings. The van der Waals surface area contributed by atoms with E-state index in [-0.39, 0.29) is 5.69 Å². The monoisotopic (exact) mass is 321 g/mol. The van der Waals surface area contributed by atoms with Gasteiger partial charge in [0.15, 0.2) is 0 Å². The van der Waals surface area contributed by atoms with Crippen LogP contribution in [0.2, 0.25) is 0 Å². The van der Waals surface area contributed by atoms with Crippen LogP contribution in [0.1, 0.15) is 24.8 Å². The molecule has 2 saturated heterocycles. The lowest BCUT2D eigenvalue weighted by Crippen LogP contribution is -2.38. The van der Waals surface area contributed by atoms with Gasteiger partial charge in [0.1, 0.15) is 12.0 Å². The normalized spacial score (nSPS) is 22.5. The zero-order valence-corrected chi connectivity index (χ0v) is 13.4. The first-order valence-electron chi connectivity index (χ1n) is 8.19. The maximum atomic E-state index is 10.8. The fourth-order valence-corrected chi connectivity index (χ4v) is 3.20. The molecule has 7 heteroatoms. The Morgan fingerprint density at radius 1 is 1.43 bits per heavy atom. The van der Waals surface area contributed by atoms with Gasteiger partial charge in [0.2, 0.25) is 0 Å². The highest BCUT2D eigenvalue weighted by atomic mass is 16.6. The highest BCUT2D eigenvalue weighted by Crippen LogP contribution is 2.26. The van der Waals surface area contributed by atoms with Crippen molar-refractivity contribution in [2.45, 2.75) is 32.3 Å². The van der Waals surface area contributed by atoms with Gasteiger partial charge in [0, 0.05) is 31.7 Å². The van der Waals surface area contributed by atoms with E-state index in [2.05, 4.69) is 9.88 Å². The average molecular weight is 321 g/mol. The SMILES string of the molecule is Cc1cc([N+](=O)[O-])cnc1N1CCC(OCC2CCOC2)CC1. The number of ether oxygens (including phenoxy) is 2. The number of hydrogen-bond acceptors (Lipinski definition) is 6. The van der Waals surface area contributed by atoms with Crippen LogP contribution in [0.15, 0.2) is 12.3 Å². The van der Waals surface area contributed by atoms with Crippen LogP contribution in [0, 0.1) is 23.0 Å². The summed E-state index contributed by atoms with van der Waals surface area (Å²) in [5.41, 5.74) is 0.893. The predicted molar refractivity (Wildman–Crippen MR) is 85.7 cm³/mol. The van der Waals surface area contributed by atoms with Crippen LogP contribution < -0.4 is 4.90 Å². The molecule has 23 heavy (non-hydrogen) atoms. The minimum Gasteiger partial charge on any atom is -0.381 e. The van der Waals surface area contributed by atoms with Gasteiger partial charge in [-0.2, -0.15) is 0 Å². The molecule has 0 spiro atoms. The van der Waals surface area contributed by atoms with Crippen molar-refractivity contribution in [1.82, 2.24) is 4.98 Å². The molecule has 2 aliphatic rings.